The topological polar surface area (TPSA) is 156 Å². The van der Waals surface area contributed by atoms with E-state index in [0.717, 1.165) is 11.1 Å². The van der Waals surface area contributed by atoms with Gasteiger partial charge in [-0.1, -0.05) is 62.4 Å². The van der Waals surface area contributed by atoms with E-state index in [1.807, 2.05) is 62.4 Å². The fourth-order valence-electron chi connectivity index (χ4n) is 6.20. The van der Waals surface area contributed by atoms with Crippen LogP contribution in [0.25, 0.3) is 0 Å². The minimum absolute atomic E-state index is 0.0245. The molecule has 0 spiro atoms. The molecule has 54 heavy (non-hydrogen) atoms. The van der Waals surface area contributed by atoms with Crippen LogP contribution in [0.2, 0.25) is 0 Å². The van der Waals surface area contributed by atoms with Crippen LogP contribution in [0.5, 0.6) is 17.2 Å². The largest absolute Gasteiger partial charge is 0.493 e. The van der Waals surface area contributed by atoms with Crippen molar-refractivity contribution in [2.24, 2.45) is 5.92 Å². The molecule has 290 valence electrons. The fourth-order valence-corrected chi connectivity index (χ4v) is 6.20. The van der Waals surface area contributed by atoms with Gasteiger partial charge in [0.1, 0.15) is 24.9 Å². The highest BCUT2D eigenvalue weighted by Gasteiger charge is 2.28. The van der Waals surface area contributed by atoms with E-state index < -0.39 is 29.8 Å². The van der Waals surface area contributed by atoms with Crippen molar-refractivity contribution < 1.29 is 38.2 Å². The number of carbonyl (C=O) groups excluding carboxylic acids is 5. The number of para-hydroxylation sites is 1. The van der Waals surface area contributed by atoms with Gasteiger partial charge in [0.2, 0.25) is 23.6 Å². The van der Waals surface area contributed by atoms with Crippen molar-refractivity contribution in [3.8, 4) is 17.2 Å². The molecule has 0 fully saturated rings. The van der Waals surface area contributed by atoms with Crippen molar-refractivity contribution in [3.05, 3.63) is 89.5 Å². The van der Waals surface area contributed by atoms with Gasteiger partial charge in [-0.3, -0.25) is 24.0 Å². The Morgan fingerprint density at radius 2 is 1.61 bits per heavy atom. The Morgan fingerprint density at radius 3 is 2.33 bits per heavy atom. The number of nitrogens with one attached hydrogen (secondary N) is 3. The molecule has 0 aliphatic carbocycles. The number of ether oxygens (including phenoxy) is 3. The third-order valence-electron chi connectivity index (χ3n) is 9.05. The lowest BCUT2D eigenvalue weighted by Gasteiger charge is -2.27. The molecule has 0 saturated heterocycles. The number of hydrogen-bond acceptors (Lipinski definition) is 8. The Hall–Kier alpha value is -5.59. The number of rotatable bonds is 11. The van der Waals surface area contributed by atoms with Gasteiger partial charge in [-0.2, -0.15) is 0 Å². The summed E-state index contributed by atoms with van der Waals surface area (Å²) in [5.74, 6) is -0.428. The standard InChI is InChI=1S/C41H53N5O8/c1-28(2)22-31-27-54-34-16-10-9-15-32(34)40(50)44-33(41(51)42-21-11-14-29-17-19-35(52-4)36(23-29)53-5)18-20-38(48)46(24-30-12-7-6-8-13-30)26-39(49)45(3)25-37(47)43-31/h6-10,12-13,15-17,19,23,28,31,33H,11,14,18,20-22,24-27H2,1-5H3,(H,42,51)(H,43,47)(H,44,50)/t31-,33-/m0/s1. The second-order valence-corrected chi connectivity index (χ2v) is 13.8. The molecule has 1 heterocycles. The smallest absolute Gasteiger partial charge is 0.255 e. The summed E-state index contributed by atoms with van der Waals surface area (Å²) in [6.07, 6.45) is 1.68. The van der Waals surface area contributed by atoms with Crippen molar-refractivity contribution in [2.75, 3.05) is 47.5 Å². The minimum Gasteiger partial charge on any atom is -0.493 e. The van der Waals surface area contributed by atoms with Crippen molar-refractivity contribution >= 4 is 29.5 Å². The van der Waals surface area contributed by atoms with Crippen molar-refractivity contribution in [2.45, 2.75) is 64.6 Å². The molecule has 0 bridgehead atoms. The molecule has 2 atom stereocenters. The summed E-state index contributed by atoms with van der Waals surface area (Å²) in [7, 11) is 4.67. The average Bonchev–Trinajstić information content (AvgIpc) is 3.16. The van der Waals surface area contributed by atoms with E-state index in [0.29, 0.717) is 37.3 Å². The lowest BCUT2D eigenvalue weighted by Crippen LogP contribution is -2.49. The second-order valence-electron chi connectivity index (χ2n) is 13.8. The Balaban J connectivity index is 1.58. The SMILES string of the molecule is COc1ccc(CCCNC(=O)[C@@H]2CCC(=O)N(Cc3ccccc3)CC(=O)N(C)CC(=O)N[C@@H](CC(C)C)COc3ccccc3C(=O)N2)cc1OC. The number of amides is 5. The summed E-state index contributed by atoms with van der Waals surface area (Å²) in [6.45, 7) is 4.10. The molecule has 13 nitrogen and oxygen atoms in total. The molecule has 3 aromatic carbocycles. The number of methoxy groups -OCH3 is 2. The van der Waals surface area contributed by atoms with E-state index in [1.165, 1.54) is 16.8 Å². The molecule has 0 aromatic heterocycles. The third kappa shape index (κ3) is 12.5. The number of fused-ring (bicyclic) bond motifs is 1. The molecule has 0 saturated carbocycles. The first-order valence-corrected chi connectivity index (χ1v) is 18.3. The number of benzene rings is 3. The number of hydrogen-bond donors (Lipinski definition) is 3. The highest BCUT2D eigenvalue weighted by molar-refractivity contribution is 5.99. The lowest BCUT2D eigenvalue weighted by atomic mass is 10.0. The van der Waals surface area contributed by atoms with Crippen LogP contribution in [0.4, 0.5) is 0 Å². The number of nitrogens with zero attached hydrogens (tertiary/aromatic N) is 2. The zero-order valence-electron chi connectivity index (χ0n) is 31.9. The maximum absolute atomic E-state index is 13.8. The van der Waals surface area contributed by atoms with Crippen LogP contribution in [0.3, 0.4) is 0 Å². The van der Waals surface area contributed by atoms with E-state index in [4.69, 9.17) is 14.2 Å². The lowest BCUT2D eigenvalue weighted by molar-refractivity contribution is -0.142. The average molecular weight is 744 g/mol. The summed E-state index contributed by atoms with van der Waals surface area (Å²) >= 11 is 0. The number of aryl methyl sites for hydroxylation is 1. The summed E-state index contributed by atoms with van der Waals surface area (Å²) in [5, 5.41) is 8.73. The van der Waals surface area contributed by atoms with Crippen LogP contribution in [-0.2, 0) is 32.1 Å². The van der Waals surface area contributed by atoms with Gasteiger partial charge in [0.25, 0.3) is 5.91 Å². The quantitative estimate of drug-likeness (QED) is 0.251. The normalized spacial score (nSPS) is 17.7. The van der Waals surface area contributed by atoms with Crippen molar-refractivity contribution in [3.63, 3.8) is 0 Å². The van der Waals surface area contributed by atoms with Crippen LogP contribution in [-0.4, -0.2) is 98.9 Å². The Bertz CT molecular complexity index is 1730. The van der Waals surface area contributed by atoms with Crippen molar-refractivity contribution in [1.29, 1.82) is 0 Å². The first-order valence-electron chi connectivity index (χ1n) is 18.3. The fraction of sp³-hybridized carbons (Fsp3) is 0.439. The maximum Gasteiger partial charge on any atom is 0.255 e. The van der Waals surface area contributed by atoms with Gasteiger partial charge in [-0.05, 0) is 67.0 Å². The predicted molar refractivity (Wildman–Crippen MR) is 204 cm³/mol. The molecule has 3 aromatic rings. The van der Waals surface area contributed by atoms with Crippen molar-refractivity contribution in [1.82, 2.24) is 25.8 Å². The summed E-state index contributed by atoms with van der Waals surface area (Å²) in [4.78, 5) is 70.6. The molecule has 0 radical (unpaired) electrons. The monoisotopic (exact) mass is 743 g/mol. The third-order valence-corrected chi connectivity index (χ3v) is 9.05. The van der Waals surface area contributed by atoms with Crippen LogP contribution in [0, 0.1) is 5.92 Å². The first-order chi connectivity index (χ1) is 26.0. The Morgan fingerprint density at radius 1 is 0.889 bits per heavy atom. The van der Waals surface area contributed by atoms with E-state index in [9.17, 15) is 24.0 Å². The molecule has 4 rings (SSSR count). The molecule has 0 unspecified atom stereocenters. The molecular weight excluding hydrogens is 690 g/mol. The van der Waals surface area contributed by atoms with Crippen LogP contribution >= 0.6 is 0 Å². The molecule has 13 heteroatoms. The Labute approximate surface area is 317 Å². The van der Waals surface area contributed by atoms with Gasteiger partial charge in [-0.15, -0.1) is 0 Å². The molecule has 3 N–H and O–H groups in total. The van der Waals surface area contributed by atoms with Gasteiger partial charge in [0, 0.05) is 26.6 Å². The highest BCUT2D eigenvalue weighted by Crippen LogP contribution is 2.28. The van der Waals surface area contributed by atoms with Crippen LogP contribution in [0.1, 0.15) is 61.0 Å². The first kappa shape index (κ1) is 41.2. The number of carbonyl (C=O) groups is 5. The zero-order valence-corrected chi connectivity index (χ0v) is 31.9. The second kappa shape index (κ2) is 20.6. The van der Waals surface area contributed by atoms with E-state index >= 15 is 0 Å². The highest BCUT2D eigenvalue weighted by atomic mass is 16.5. The number of likely N-dealkylation sites (N-methyl/N-ethyl adjacent to an activating group) is 1. The zero-order chi connectivity index (χ0) is 39.0. The van der Waals surface area contributed by atoms with Crippen LogP contribution in [0.15, 0.2) is 72.8 Å². The Kier molecular flexibility index (Phi) is 15.7. The van der Waals surface area contributed by atoms with Gasteiger partial charge in [0.15, 0.2) is 11.5 Å². The maximum atomic E-state index is 13.8. The molecular formula is C41H53N5O8. The van der Waals surface area contributed by atoms with Gasteiger partial charge in [0.05, 0.1) is 32.4 Å². The summed E-state index contributed by atoms with van der Waals surface area (Å²) < 4.78 is 16.8. The van der Waals surface area contributed by atoms with Gasteiger partial charge in [-0.25, -0.2) is 0 Å². The van der Waals surface area contributed by atoms with E-state index in [2.05, 4.69) is 16.0 Å². The molecule has 1 aliphatic rings. The molecule has 1 aliphatic heterocycles. The summed E-state index contributed by atoms with van der Waals surface area (Å²) in [6, 6.07) is 20.1. The minimum atomic E-state index is -1.07. The van der Waals surface area contributed by atoms with E-state index in [1.54, 1.807) is 38.5 Å². The van der Waals surface area contributed by atoms with E-state index in [-0.39, 0.29) is 68.1 Å². The van der Waals surface area contributed by atoms with Crippen LogP contribution < -0.4 is 30.2 Å². The van der Waals surface area contributed by atoms with Gasteiger partial charge >= 0.3 is 0 Å². The van der Waals surface area contributed by atoms with Gasteiger partial charge < -0.3 is 40.0 Å². The molecule has 5 amide bonds. The summed E-state index contributed by atoms with van der Waals surface area (Å²) in [5.41, 5.74) is 2.02. The predicted octanol–water partition coefficient (Wildman–Crippen LogP) is 3.74.